The van der Waals surface area contributed by atoms with Gasteiger partial charge in [-0.25, -0.2) is 13.4 Å². The van der Waals surface area contributed by atoms with E-state index in [-0.39, 0.29) is 30.5 Å². The molecule has 1 aromatic carbocycles. The number of ether oxygens (including phenoxy) is 1. The number of carbonyl (C=O) groups is 1. The Kier molecular flexibility index (Phi) is 5.22. The van der Waals surface area contributed by atoms with Crippen molar-refractivity contribution in [3.8, 4) is 5.69 Å². The smallest absolute Gasteiger partial charge is 0.274 e. The normalized spacial score (nSPS) is 19.0. The number of aromatic nitrogens is 2. The maximum absolute atomic E-state index is 13.2. The first-order valence-corrected chi connectivity index (χ1v) is 10.9. The van der Waals surface area contributed by atoms with E-state index in [9.17, 15) is 13.2 Å². The first-order valence-electron chi connectivity index (χ1n) is 9.48. The van der Waals surface area contributed by atoms with E-state index < -0.39 is 10.0 Å². The van der Waals surface area contributed by atoms with Crippen LogP contribution in [0.4, 0.5) is 0 Å². The molecule has 0 radical (unpaired) electrons. The largest absolute Gasteiger partial charge is 0.383 e. The summed E-state index contributed by atoms with van der Waals surface area (Å²) in [5.74, 6) is -0.128. The number of para-hydroxylation sites is 1. The number of piperidine rings is 1. The van der Waals surface area contributed by atoms with Crippen LogP contribution in [0.25, 0.3) is 5.69 Å². The highest BCUT2D eigenvalue weighted by molar-refractivity contribution is 7.89. The molecule has 1 fully saturated rings. The molecule has 0 bridgehead atoms. The second kappa shape index (κ2) is 7.65. The predicted octanol–water partition coefficient (Wildman–Crippen LogP) is 1.65. The van der Waals surface area contributed by atoms with Gasteiger partial charge in [0.2, 0.25) is 10.0 Å². The minimum atomic E-state index is -3.72. The van der Waals surface area contributed by atoms with Crippen LogP contribution in [-0.4, -0.2) is 66.4 Å². The molecule has 0 N–H and O–H groups in total. The molecule has 2 aliphatic heterocycles. The molecule has 1 saturated heterocycles. The summed E-state index contributed by atoms with van der Waals surface area (Å²) in [6.45, 7) is 1.98. The average Bonchev–Trinajstić information content (AvgIpc) is 3.10. The fourth-order valence-electron chi connectivity index (χ4n) is 3.82. The van der Waals surface area contributed by atoms with Crippen molar-refractivity contribution in [2.75, 3.05) is 33.4 Å². The predicted molar refractivity (Wildman–Crippen MR) is 103 cm³/mol. The number of likely N-dealkylation sites (tertiary alicyclic amines) is 1. The van der Waals surface area contributed by atoms with Crippen LogP contribution >= 0.6 is 0 Å². The van der Waals surface area contributed by atoms with Crippen molar-refractivity contribution in [2.24, 2.45) is 0 Å². The second-order valence-electron chi connectivity index (χ2n) is 7.06. The third-order valence-electron chi connectivity index (χ3n) is 5.33. The van der Waals surface area contributed by atoms with Gasteiger partial charge < -0.3 is 9.64 Å². The van der Waals surface area contributed by atoms with Crippen LogP contribution in [0.3, 0.4) is 0 Å². The van der Waals surface area contributed by atoms with Crippen molar-refractivity contribution in [1.29, 1.82) is 0 Å². The maximum Gasteiger partial charge on any atom is 0.274 e. The Morgan fingerprint density at radius 3 is 2.68 bits per heavy atom. The van der Waals surface area contributed by atoms with Crippen molar-refractivity contribution in [3.63, 3.8) is 0 Å². The SMILES string of the molecule is COCCN1Cc2c(C(=O)N3CCCCC3)ncn2-c2ccccc2S1(=O)=O. The fraction of sp³-hybridized carbons (Fsp3) is 0.474. The molecule has 3 heterocycles. The molecule has 8 nitrogen and oxygen atoms in total. The number of sulfonamides is 1. The van der Waals surface area contributed by atoms with E-state index in [1.165, 1.54) is 11.4 Å². The van der Waals surface area contributed by atoms with Gasteiger partial charge in [-0.1, -0.05) is 12.1 Å². The van der Waals surface area contributed by atoms with E-state index in [0.29, 0.717) is 30.2 Å². The Morgan fingerprint density at radius 2 is 1.93 bits per heavy atom. The van der Waals surface area contributed by atoms with E-state index in [2.05, 4.69) is 4.98 Å². The highest BCUT2D eigenvalue weighted by atomic mass is 32.2. The topological polar surface area (TPSA) is 84.7 Å². The molecule has 0 atom stereocenters. The monoisotopic (exact) mass is 404 g/mol. The molecule has 1 aromatic heterocycles. The number of hydrogen-bond acceptors (Lipinski definition) is 5. The van der Waals surface area contributed by atoms with E-state index in [0.717, 1.165) is 19.3 Å². The standard InChI is InChI=1S/C19H24N4O4S/c1-27-12-11-22-13-16-18(19(24)21-9-5-2-6-10-21)20-14-23(16)15-7-3-4-8-17(15)28(22,25)26/h3-4,7-8,14H,2,5-6,9-13H2,1H3. The van der Waals surface area contributed by atoms with Gasteiger partial charge in [-0.2, -0.15) is 4.31 Å². The molecule has 150 valence electrons. The molecule has 2 aromatic rings. The third-order valence-corrected chi connectivity index (χ3v) is 7.22. The van der Waals surface area contributed by atoms with Crippen molar-refractivity contribution in [2.45, 2.75) is 30.7 Å². The minimum Gasteiger partial charge on any atom is -0.383 e. The quantitative estimate of drug-likeness (QED) is 0.774. The summed E-state index contributed by atoms with van der Waals surface area (Å²) in [5.41, 5.74) is 1.44. The second-order valence-corrected chi connectivity index (χ2v) is 8.97. The summed E-state index contributed by atoms with van der Waals surface area (Å²) in [6.07, 6.45) is 4.65. The van der Waals surface area contributed by atoms with Gasteiger partial charge >= 0.3 is 0 Å². The lowest BCUT2D eigenvalue weighted by molar-refractivity contribution is 0.0716. The molecule has 1 amide bonds. The number of hydrogen-bond donors (Lipinski definition) is 0. The molecular weight excluding hydrogens is 380 g/mol. The summed E-state index contributed by atoms with van der Waals surface area (Å²) in [5, 5.41) is 0. The molecule has 0 aliphatic carbocycles. The number of benzene rings is 1. The zero-order chi connectivity index (χ0) is 19.7. The molecular formula is C19H24N4O4S. The van der Waals surface area contributed by atoms with Crippen molar-refractivity contribution < 1.29 is 17.9 Å². The van der Waals surface area contributed by atoms with Crippen LogP contribution in [0.2, 0.25) is 0 Å². The van der Waals surface area contributed by atoms with Crippen molar-refractivity contribution >= 4 is 15.9 Å². The minimum absolute atomic E-state index is 0.0787. The van der Waals surface area contributed by atoms with Gasteiger partial charge in [-0.05, 0) is 31.4 Å². The lowest BCUT2D eigenvalue weighted by atomic mass is 10.1. The van der Waals surface area contributed by atoms with Gasteiger partial charge in [0.15, 0.2) is 5.69 Å². The van der Waals surface area contributed by atoms with E-state index in [1.54, 1.807) is 35.2 Å². The van der Waals surface area contributed by atoms with Crippen molar-refractivity contribution in [3.05, 3.63) is 42.0 Å². The van der Waals surface area contributed by atoms with Crippen LogP contribution in [0.15, 0.2) is 35.5 Å². The van der Waals surface area contributed by atoms with Gasteiger partial charge in [0.05, 0.1) is 24.5 Å². The van der Waals surface area contributed by atoms with Gasteiger partial charge in [-0.3, -0.25) is 9.36 Å². The highest BCUT2D eigenvalue weighted by Crippen LogP contribution is 2.31. The van der Waals surface area contributed by atoms with Gasteiger partial charge in [0.25, 0.3) is 5.91 Å². The number of methoxy groups -OCH3 is 1. The number of fused-ring (bicyclic) bond motifs is 3. The van der Waals surface area contributed by atoms with Crippen LogP contribution in [0.5, 0.6) is 0 Å². The molecule has 2 aliphatic rings. The molecule has 0 saturated carbocycles. The van der Waals surface area contributed by atoms with Crippen LogP contribution in [-0.2, 0) is 21.3 Å². The highest BCUT2D eigenvalue weighted by Gasteiger charge is 2.35. The first kappa shape index (κ1) is 19.1. The average molecular weight is 404 g/mol. The van der Waals surface area contributed by atoms with E-state index in [1.807, 2.05) is 4.90 Å². The molecule has 0 spiro atoms. The zero-order valence-electron chi connectivity index (χ0n) is 15.9. The fourth-order valence-corrected chi connectivity index (χ4v) is 5.38. The summed E-state index contributed by atoms with van der Waals surface area (Å²) in [7, 11) is -2.18. The lowest BCUT2D eigenvalue weighted by Gasteiger charge is -2.26. The molecule has 4 rings (SSSR count). The summed E-state index contributed by atoms with van der Waals surface area (Å²) in [6, 6.07) is 6.82. The van der Waals surface area contributed by atoms with Crippen LogP contribution in [0, 0.1) is 0 Å². The molecule has 0 unspecified atom stereocenters. The van der Waals surface area contributed by atoms with Crippen molar-refractivity contribution in [1.82, 2.24) is 18.8 Å². The number of nitrogens with zero attached hydrogens (tertiary/aromatic N) is 4. The Morgan fingerprint density at radius 1 is 1.18 bits per heavy atom. The Bertz CT molecular complexity index is 980. The Labute approximate surface area is 164 Å². The number of rotatable bonds is 4. The van der Waals surface area contributed by atoms with Gasteiger partial charge in [0, 0.05) is 26.7 Å². The Hall–Kier alpha value is -2.23. The number of amides is 1. The van der Waals surface area contributed by atoms with Crippen LogP contribution in [0.1, 0.15) is 35.4 Å². The summed E-state index contributed by atoms with van der Waals surface area (Å²) >= 11 is 0. The number of carbonyl (C=O) groups excluding carboxylic acids is 1. The summed E-state index contributed by atoms with van der Waals surface area (Å²) in [4.78, 5) is 19.5. The van der Waals surface area contributed by atoms with Crippen LogP contribution < -0.4 is 0 Å². The van der Waals surface area contributed by atoms with E-state index in [4.69, 9.17) is 4.74 Å². The lowest BCUT2D eigenvalue weighted by Crippen LogP contribution is -2.37. The zero-order valence-corrected chi connectivity index (χ0v) is 16.7. The first-order chi connectivity index (χ1) is 13.5. The Balaban J connectivity index is 1.81. The third kappa shape index (κ3) is 3.23. The molecule has 9 heteroatoms. The maximum atomic E-state index is 13.2. The van der Waals surface area contributed by atoms with E-state index >= 15 is 0 Å². The van der Waals surface area contributed by atoms with Gasteiger partial charge in [-0.15, -0.1) is 0 Å². The molecule has 28 heavy (non-hydrogen) atoms. The number of imidazole rings is 1. The summed E-state index contributed by atoms with van der Waals surface area (Å²) < 4.78 is 34.6. The van der Waals surface area contributed by atoms with Gasteiger partial charge in [0.1, 0.15) is 11.2 Å².